The molecule has 0 aromatic carbocycles. The molecule has 1 unspecified atom stereocenters. The van der Waals surface area contributed by atoms with E-state index in [0.717, 1.165) is 77.0 Å². The lowest BCUT2D eigenvalue weighted by molar-refractivity contribution is -0.167. The molecule has 6 nitrogen and oxygen atoms in total. The average Bonchev–Trinajstić information content (AvgIpc) is 3.45. The van der Waals surface area contributed by atoms with Crippen LogP contribution in [-0.2, 0) is 28.6 Å². The van der Waals surface area contributed by atoms with E-state index in [1.54, 1.807) is 0 Å². The lowest BCUT2D eigenvalue weighted by Gasteiger charge is -2.18. The van der Waals surface area contributed by atoms with Crippen LogP contribution in [0.15, 0.2) is 48.6 Å². The van der Waals surface area contributed by atoms with E-state index in [0.29, 0.717) is 19.3 Å². The molecule has 0 radical (unpaired) electrons. The molecule has 0 saturated carbocycles. The molecule has 1 atom stereocenters. The van der Waals surface area contributed by atoms with Crippen LogP contribution in [0.2, 0.25) is 0 Å². The van der Waals surface area contributed by atoms with Gasteiger partial charge in [0, 0.05) is 19.3 Å². The predicted molar refractivity (Wildman–Crippen MR) is 344 cm³/mol. The Kier molecular flexibility index (Phi) is 65.6. The third-order valence-electron chi connectivity index (χ3n) is 15.8. The molecule has 0 N–H and O–H groups in total. The van der Waals surface area contributed by atoms with E-state index in [-0.39, 0.29) is 31.1 Å². The summed E-state index contributed by atoms with van der Waals surface area (Å²) in [4.78, 5) is 38.4. The van der Waals surface area contributed by atoms with Gasteiger partial charge in [-0.25, -0.2) is 0 Å². The number of esters is 3. The molecule has 0 aliphatic heterocycles. The average molecular weight is 1110 g/mol. The van der Waals surface area contributed by atoms with Gasteiger partial charge < -0.3 is 14.2 Å². The van der Waals surface area contributed by atoms with Gasteiger partial charge in [0.25, 0.3) is 0 Å². The van der Waals surface area contributed by atoms with Crippen LogP contribution in [0.1, 0.15) is 380 Å². The predicted octanol–water partition coefficient (Wildman–Crippen LogP) is 24.1. The van der Waals surface area contributed by atoms with Crippen molar-refractivity contribution in [3.05, 3.63) is 48.6 Å². The maximum Gasteiger partial charge on any atom is 0.306 e. The van der Waals surface area contributed by atoms with Crippen LogP contribution in [0.4, 0.5) is 0 Å². The van der Waals surface area contributed by atoms with Crippen LogP contribution in [0, 0.1) is 0 Å². The highest BCUT2D eigenvalue weighted by Crippen LogP contribution is 2.18. The molecular weight excluding hydrogens is 973 g/mol. The summed E-state index contributed by atoms with van der Waals surface area (Å²) in [5.74, 6) is -0.869. The number of unbranched alkanes of at least 4 members (excludes halogenated alkanes) is 46. The Morgan fingerprint density at radius 3 is 0.709 bits per heavy atom. The SMILES string of the molecule is CCCCCCC/C=C\C/C=C\CCCCCCCCCCCCCCCCCCCCCC(=O)OCC(COC(=O)CCCCCCC/C=C\CCCCCCCC)OC(=O)CCCCCCC/C=C\CCCCCCCC. The zero-order valence-electron chi connectivity index (χ0n) is 53.2. The fourth-order valence-corrected chi connectivity index (χ4v) is 10.5. The number of ether oxygens (including phenoxy) is 3. The van der Waals surface area contributed by atoms with Crippen molar-refractivity contribution in [1.82, 2.24) is 0 Å². The van der Waals surface area contributed by atoms with Crippen molar-refractivity contribution in [2.24, 2.45) is 0 Å². The second-order valence-electron chi connectivity index (χ2n) is 23.8. The van der Waals surface area contributed by atoms with Gasteiger partial charge in [-0.1, -0.05) is 307 Å². The Balaban J connectivity index is 4.17. The highest BCUT2D eigenvalue weighted by Gasteiger charge is 2.19. The van der Waals surface area contributed by atoms with Crippen LogP contribution >= 0.6 is 0 Å². The van der Waals surface area contributed by atoms with Crippen molar-refractivity contribution >= 4 is 17.9 Å². The highest BCUT2D eigenvalue weighted by atomic mass is 16.6. The quantitative estimate of drug-likeness (QED) is 0.0261. The minimum atomic E-state index is -0.779. The molecule has 0 aromatic rings. The van der Waals surface area contributed by atoms with Gasteiger partial charge >= 0.3 is 17.9 Å². The van der Waals surface area contributed by atoms with Gasteiger partial charge in [0.1, 0.15) is 13.2 Å². The first-order valence-corrected chi connectivity index (χ1v) is 35.1. The van der Waals surface area contributed by atoms with E-state index < -0.39 is 6.10 Å². The second-order valence-corrected chi connectivity index (χ2v) is 23.8. The van der Waals surface area contributed by atoms with Crippen LogP contribution in [-0.4, -0.2) is 37.2 Å². The van der Waals surface area contributed by atoms with Crippen molar-refractivity contribution < 1.29 is 28.6 Å². The van der Waals surface area contributed by atoms with E-state index in [1.807, 2.05) is 0 Å². The number of hydrogen-bond donors (Lipinski definition) is 0. The summed E-state index contributed by atoms with van der Waals surface area (Å²) in [6.07, 6.45) is 85.7. The van der Waals surface area contributed by atoms with E-state index in [1.165, 1.54) is 263 Å². The van der Waals surface area contributed by atoms with Gasteiger partial charge in [-0.3, -0.25) is 14.4 Å². The molecule has 0 aromatic heterocycles. The fraction of sp³-hybridized carbons (Fsp3) is 0.849. The van der Waals surface area contributed by atoms with E-state index in [4.69, 9.17) is 14.2 Å². The Morgan fingerprint density at radius 1 is 0.253 bits per heavy atom. The van der Waals surface area contributed by atoms with E-state index >= 15 is 0 Å². The topological polar surface area (TPSA) is 78.9 Å². The molecule has 6 heteroatoms. The summed E-state index contributed by atoms with van der Waals surface area (Å²) in [5.41, 5.74) is 0. The van der Waals surface area contributed by atoms with Gasteiger partial charge in [0.2, 0.25) is 0 Å². The molecule has 0 rings (SSSR count). The van der Waals surface area contributed by atoms with Gasteiger partial charge in [-0.2, -0.15) is 0 Å². The smallest absolute Gasteiger partial charge is 0.306 e. The van der Waals surface area contributed by atoms with Crippen molar-refractivity contribution in [3.63, 3.8) is 0 Å². The molecular formula is C73H134O6. The minimum Gasteiger partial charge on any atom is -0.462 e. The monoisotopic (exact) mass is 1110 g/mol. The van der Waals surface area contributed by atoms with Crippen molar-refractivity contribution in [1.29, 1.82) is 0 Å². The largest absolute Gasteiger partial charge is 0.462 e. The van der Waals surface area contributed by atoms with Gasteiger partial charge in [-0.05, 0) is 103 Å². The van der Waals surface area contributed by atoms with Crippen molar-refractivity contribution in [3.8, 4) is 0 Å². The summed E-state index contributed by atoms with van der Waals surface area (Å²) in [5, 5.41) is 0. The number of hydrogen-bond acceptors (Lipinski definition) is 6. The Hall–Kier alpha value is -2.63. The number of carbonyl (C=O) groups excluding carboxylic acids is 3. The molecule has 462 valence electrons. The normalized spacial score (nSPS) is 12.3. The summed E-state index contributed by atoms with van der Waals surface area (Å²) in [6, 6.07) is 0. The number of carbonyl (C=O) groups is 3. The summed E-state index contributed by atoms with van der Waals surface area (Å²) < 4.78 is 17.0. The zero-order valence-corrected chi connectivity index (χ0v) is 53.2. The Morgan fingerprint density at radius 2 is 0.456 bits per heavy atom. The Bertz CT molecular complexity index is 1360. The molecule has 0 aliphatic rings. The highest BCUT2D eigenvalue weighted by molar-refractivity contribution is 5.71. The molecule has 0 aliphatic carbocycles. The first-order chi connectivity index (χ1) is 39.0. The van der Waals surface area contributed by atoms with Gasteiger partial charge in [0.15, 0.2) is 6.10 Å². The molecule has 0 fully saturated rings. The van der Waals surface area contributed by atoms with Crippen molar-refractivity contribution in [2.75, 3.05) is 13.2 Å². The van der Waals surface area contributed by atoms with Crippen LogP contribution in [0.5, 0.6) is 0 Å². The molecule has 0 spiro atoms. The standard InChI is InChI=1S/C73H134O6/c1-4-7-10-13-16-19-22-25-28-29-30-31-32-33-34-35-36-37-38-39-40-41-42-43-46-48-51-54-57-60-63-66-72(75)78-69-70(79-73(76)67-64-61-58-55-52-49-45-27-24-21-18-15-12-9-6-3)68-77-71(74)65-62-59-56-53-50-47-44-26-23-20-17-14-11-8-5-2/h22,25-27,29-30,44-45,70H,4-21,23-24,28,31-43,46-69H2,1-3H3/b25-22-,30-29-,44-26-,45-27-. The van der Waals surface area contributed by atoms with Gasteiger partial charge in [-0.15, -0.1) is 0 Å². The fourth-order valence-electron chi connectivity index (χ4n) is 10.5. The lowest BCUT2D eigenvalue weighted by Crippen LogP contribution is -2.30. The first-order valence-electron chi connectivity index (χ1n) is 35.1. The first kappa shape index (κ1) is 76.4. The second kappa shape index (κ2) is 67.9. The maximum absolute atomic E-state index is 12.9. The zero-order chi connectivity index (χ0) is 57.1. The van der Waals surface area contributed by atoms with E-state index in [2.05, 4.69) is 69.4 Å². The summed E-state index contributed by atoms with van der Waals surface area (Å²) in [6.45, 7) is 6.66. The van der Waals surface area contributed by atoms with Gasteiger partial charge in [0.05, 0.1) is 0 Å². The van der Waals surface area contributed by atoms with Crippen LogP contribution in [0.3, 0.4) is 0 Å². The number of rotatable bonds is 65. The van der Waals surface area contributed by atoms with Crippen LogP contribution in [0.25, 0.3) is 0 Å². The van der Waals surface area contributed by atoms with Crippen molar-refractivity contribution in [2.45, 2.75) is 386 Å². The molecule has 0 bridgehead atoms. The number of allylic oxidation sites excluding steroid dienone is 8. The molecule has 0 heterocycles. The lowest BCUT2D eigenvalue weighted by atomic mass is 10.0. The minimum absolute atomic E-state index is 0.0750. The summed E-state index contributed by atoms with van der Waals surface area (Å²) >= 11 is 0. The van der Waals surface area contributed by atoms with Crippen LogP contribution < -0.4 is 0 Å². The molecule has 79 heavy (non-hydrogen) atoms. The molecule has 0 amide bonds. The summed E-state index contributed by atoms with van der Waals surface area (Å²) in [7, 11) is 0. The third-order valence-corrected chi connectivity index (χ3v) is 15.8. The molecule has 0 saturated heterocycles. The third kappa shape index (κ3) is 66.1. The van der Waals surface area contributed by atoms with E-state index in [9.17, 15) is 14.4 Å². The maximum atomic E-state index is 12.9. The Labute approximate surface area is 492 Å².